The highest BCUT2D eigenvalue weighted by Gasteiger charge is 2.25. The van der Waals surface area contributed by atoms with Gasteiger partial charge < -0.3 is 0 Å². The fraction of sp³-hybridized carbons (Fsp3) is 0.800. The van der Waals surface area contributed by atoms with Crippen molar-refractivity contribution in [2.24, 2.45) is 11.8 Å². The Morgan fingerprint density at radius 3 is 2.00 bits per heavy atom. The van der Waals surface area contributed by atoms with Crippen LogP contribution in [-0.2, 0) is 9.59 Å². The quantitative estimate of drug-likeness (QED) is 0.593. The average molecular weight is 170 g/mol. The predicted octanol–water partition coefficient (Wildman–Crippen LogP) is 2.22. The zero-order chi connectivity index (χ0) is 9.72. The predicted molar refractivity (Wildman–Crippen MR) is 48.9 cm³/mol. The molecule has 0 aliphatic carbocycles. The van der Waals surface area contributed by atoms with Crippen LogP contribution in [0.5, 0.6) is 0 Å². The van der Waals surface area contributed by atoms with Crippen molar-refractivity contribution in [2.45, 2.75) is 40.5 Å². The largest absolute Gasteiger partial charge is 0.299 e. The third-order valence-electron chi connectivity index (χ3n) is 1.95. The van der Waals surface area contributed by atoms with Gasteiger partial charge in [-0.1, -0.05) is 20.8 Å². The van der Waals surface area contributed by atoms with Gasteiger partial charge in [-0.3, -0.25) is 9.59 Å². The van der Waals surface area contributed by atoms with Crippen molar-refractivity contribution in [3.63, 3.8) is 0 Å². The van der Waals surface area contributed by atoms with Crippen molar-refractivity contribution in [1.82, 2.24) is 0 Å². The van der Waals surface area contributed by atoms with E-state index in [0.717, 1.165) is 6.42 Å². The molecule has 12 heavy (non-hydrogen) atoms. The minimum atomic E-state index is -0.370. The first kappa shape index (κ1) is 11.3. The van der Waals surface area contributed by atoms with E-state index >= 15 is 0 Å². The summed E-state index contributed by atoms with van der Waals surface area (Å²) in [6.07, 6.45) is 1.36. The van der Waals surface area contributed by atoms with Crippen LogP contribution in [0.2, 0.25) is 0 Å². The lowest BCUT2D eigenvalue weighted by Gasteiger charge is -2.15. The van der Waals surface area contributed by atoms with Gasteiger partial charge in [0, 0.05) is 6.42 Å². The first-order valence-electron chi connectivity index (χ1n) is 4.53. The van der Waals surface area contributed by atoms with Gasteiger partial charge in [0.15, 0.2) is 0 Å². The summed E-state index contributed by atoms with van der Waals surface area (Å²) in [6.45, 7) is 7.28. The van der Waals surface area contributed by atoms with E-state index in [0.29, 0.717) is 6.42 Å². The fourth-order valence-electron chi connectivity index (χ4n) is 1.47. The minimum Gasteiger partial charge on any atom is -0.299 e. The summed E-state index contributed by atoms with van der Waals surface area (Å²) in [5.74, 6) is -0.130. The van der Waals surface area contributed by atoms with Gasteiger partial charge >= 0.3 is 0 Å². The topological polar surface area (TPSA) is 34.1 Å². The van der Waals surface area contributed by atoms with Crippen LogP contribution in [0.15, 0.2) is 0 Å². The maximum atomic E-state index is 11.4. The van der Waals surface area contributed by atoms with Crippen LogP contribution >= 0.6 is 0 Å². The molecular formula is C10H18O2. The SMILES string of the molecule is CCCC(=O)[C@@H](C(C)=O)C(C)C. The van der Waals surface area contributed by atoms with E-state index in [1.165, 1.54) is 6.92 Å². The third kappa shape index (κ3) is 3.16. The molecule has 0 saturated carbocycles. The van der Waals surface area contributed by atoms with Gasteiger partial charge in [-0.05, 0) is 19.3 Å². The van der Waals surface area contributed by atoms with Gasteiger partial charge in [-0.2, -0.15) is 0 Å². The number of rotatable bonds is 5. The highest BCUT2D eigenvalue weighted by atomic mass is 16.1. The van der Waals surface area contributed by atoms with Crippen LogP contribution in [0.3, 0.4) is 0 Å². The molecule has 0 rings (SSSR count). The van der Waals surface area contributed by atoms with E-state index in [1.54, 1.807) is 0 Å². The summed E-state index contributed by atoms with van der Waals surface area (Å²) in [6, 6.07) is 0. The van der Waals surface area contributed by atoms with Gasteiger partial charge in [0.05, 0.1) is 5.92 Å². The first-order chi connectivity index (χ1) is 5.50. The van der Waals surface area contributed by atoms with E-state index in [9.17, 15) is 9.59 Å². The maximum Gasteiger partial charge on any atom is 0.143 e. The number of Topliss-reactive ketones (excluding diaryl/α,β-unsaturated/α-hetero) is 2. The molecule has 0 fully saturated rings. The average Bonchev–Trinajstić information content (AvgIpc) is 1.85. The molecule has 0 aliphatic heterocycles. The Labute approximate surface area is 74.3 Å². The zero-order valence-corrected chi connectivity index (χ0v) is 8.39. The Morgan fingerprint density at radius 2 is 1.75 bits per heavy atom. The van der Waals surface area contributed by atoms with E-state index in [2.05, 4.69) is 0 Å². The molecule has 0 aromatic rings. The van der Waals surface area contributed by atoms with Gasteiger partial charge in [-0.25, -0.2) is 0 Å². The highest BCUT2D eigenvalue weighted by Crippen LogP contribution is 2.15. The summed E-state index contributed by atoms with van der Waals surface area (Å²) in [5, 5.41) is 0. The lowest BCUT2D eigenvalue weighted by atomic mass is 9.86. The molecule has 2 heteroatoms. The number of ketones is 2. The molecule has 0 unspecified atom stereocenters. The lowest BCUT2D eigenvalue weighted by Crippen LogP contribution is -2.26. The number of hydrogen-bond acceptors (Lipinski definition) is 2. The fourth-order valence-corrected chi connectivity index (χ4v) is 1.47. The highest BCUT2D eigenvalue weighted by molar-refractivity contribution is 6.01. The standard InChI is InChI=1S/C10H18O2/c1-5-6-9(12)10(7(2)3)8(4)11/h7,10H,5-6H2,1-4H3/t10-/m1/s1. The molecule has 0 bridgehead atoms. The summed E-state index contributed by atoms with van der Waals surface area (Å²) < 4.78 is 0. The molecule has 1 atom stereocenters. The van der Waals surface area contributed by atoms with E-state index < -0.39 is 0 Å². The van der Waals surface area contributed by atoms with Crippen LogP contribution in [-0.4, -0.2) is 11.6 Å². The van der Waals surface area contributed by atoms with Crippen LogP contribution in [0, 0.1) is 11.8 Å². The Hall–Kier alpha value is -0.660. The summed E-state index contributed by atoms with van der Waals surface area (Å²) in [7, 11) is 0. The molecular weight excluding hydrogens is 152 g/mol. The summed E-state index contributed by atoms with van der Waals surface area (Å²) >= 11 is 0. The molecule has 0 radical (unpaired) electrons. The number of hydrogen-bond donors (Lipinski definition) is 0. The van der Waals surface area contributed by atoms with E-state index in [4.69, 9.17) is 0 Å². The Balaban J connectivity index is 4.30. The summed E-state index contributed by atoms with van der Waals surface area (Å²) in [5.41, 5.74) is 0. The van der Waals surface area contributed by atoms with E-state index in [1.807, 2.05) is 20.8 Å². The second-order valence-corrected chi connectivity index (χ2v) is 3.55. The molecule has 0 N–H and O–H groups in total. The molecule has 0 amide bonds. The number of carbonyl (C=O) groups excluding carboxylic acids is 2. The van der Waals surface area contributed by atoms with Crippen molar-refractivity contribution in [3.8, 4) is 0 Å². The van der Waals surface area contributed by atoms with Gasteiger partial charge in [-0.15, -0.1) is 0 Å². The monoisotopic (exact) mass is 170 g/mol. The smallest absolute Gasteiger partial charge is 0.143 e. The van der Waals surface area contributed by atoms with Crippen LogP contribution in [0.25, 0.3) is 0 Å². The molecule has 0 aliphatic rings. The van der Waals surface area contributed by atoms with Crippen molar-refractivity contribution in [1.29, 1.82) is 0 Å². The lowest BCUT2D eigenvalue weighted by molar-refractivity contribution is -0.133. The zero-order valence-electron chi connectivity index (χ0n) is 8.39. The Bertz CT molecular complexity index is 171. The normalized spacial score (nSPS) is 13.1. The minimum absolute atomic E-state index is 0.00319. The third-order valence-corrected chi connectivity index (χ3v) is 1.95. The Kier molecular flexibility index (Phi) is 4.79. The van der Waals surface area contributed by atoms with Gasteiger partial charge in [0.25, 0.3) is 0 Å². The van der Waals surface area contributed by atoms with E-state index in [-0.39, 0.29) is 23.4 Å². The molecule has 2 nitrogen and oxygen atoms in total. The Morgan fingerprint density at radius 1 is 1.25 bits per heavy atom. The van der Waals surface area contributed by atoms with Crippen molar-refractivity contribution < 1.29 is 9.59 Å². The molecule has 0 spiro atoms. The van der Waals surface area contributed by atoms with Crippen LogP contribution < -0.4 is 0 Å². The van der Waals surface area contributed by atoms with Crippen LogP contribution in [0.1, 0.15) is 40.5 Å². The van der Waals surface area contributed by atoms with Crippen LogP contribution in [0.4, 0.5) is 0 Å². The second kappa shape index (κ2) is 5.07. The number of carbonyl (C=O) groups is 2. The molecule has 70 valence electrons. The molecule has 0 aromatic heterocycles. The van der Waals surface area contributed by atoms with Crippen molar-refractivity contribution in [3.05, 3.63) is 0 Å². The van der Waals surface area contributed by atoms with Gasteiger partial charge in [0.2, 0.25) is 0 Å². The van der Waals surface area contributed by atoms with Crippen molar-refractivity contribution >= 4 is 11.6 Å². The summed E-state index contributed by atoms with van der Waals surface area (Å²) in [4.78, 5) is 22.5. The molecule has 0 aromatic carbocycles. The first-order valence-corrected chi connectivity index (χ1v) is 4.53. The maximum absolute atomic E-state index is 11.4. The molecule has 0 saturated heterocycles. The molecule has 0 heterocycles. The van der Waals surface area contributed by atoms with Gasteiger partial charge in [0.1, 0.15) is 11.6 Å². The van der Waals surface area contributed by atoms with Crippen molar-refractivity contribution in [2.75, 3.05) is 0 Å². The second-order valence-electron chi connectivity index (χ2n) is 3.55.